The van der Waals surface area contributed by atoms with Crippen LogP contribution in [0.5, 0.6) is 0 Å². The predicted octanol–water partition coefficient (Wildman–Crippen LogP) is 1.70. The summed E-state index contributed by atoms with van der Waals surface area (Å²) < 4.78 is 28.7. The first-order chi connectivity index (χ1) is 9.38. The Hall–Kier alpha value is -1.60. The molecule has 1 N–H and O–H groups in total. The molecule has 1 aromatic rings. The normalized spacial score (nSPS) is 15.9. The van der Waals surface area contributed by atoms with Crippen molar-refractivity contribution >= 4 is 16.2 Å². The summed E-state index contributed by atoms with van der Waals surface area (Å²) >= 11 is 0. The van der Waals surface area contributed by atoms with Crippen LogP contribution in [0.2, 0.25) is 0 Å². The highest BCUT2D eigenvalue weighted by molar-refractivity contribution is 7.86. The fraction of sp³-hybridized carbons (Fsp3) is 0.462. The summed E-state index contributed by atoms with van der Waals surface area (Å²) in [6.07, 6.45) is -0.399. The quantitative estimate of drug-likeness (QED) is 0.837. The molecule has 0 aromatic heterocycles. The molecule has 1 aliphatic heterocycles. The Morgan fingerprint density at radius 2 is 1.95 bits per heavy atom. The summed E-state index contributed by atoms with van der Waals surface area (Å²) in [7, 11) is -3.72. The number of nitrogens with zero attached hydrogens (tertiary/aromatic N) is 1. The maximum absolute atomic E-state index is 11.9. The Labute approximate surface area is 118 Å². The monoisotopic (exact) mass is 299 g/mol. The third-order valence-electron chi connectivity index (χ3n) is 3.30. The van der Waals surface area contributed by atoms with E-state index in [1.807, 2.05) is 6.92 Å². The van der Waals surface area contributed by atoms with Crippen molar-refractivity contribution in [1.29, 1.82) is 0 Å². The number of amides is 1. The number of hydrogen-bond donors (Lipinski definition) is 1. The molecular formula is C13H17NO5S. The molecule has 1 saturated heterocycles. The van der Waals surface area contributed by atoms with Gasteiger partial charge in [-0.25, -0.2) is 4.79 Å². The standard InChI is InChI=1S/C13H17NO5S/c1-10-2-4-12(5-3-10)20(17,18)19-7-6-11-8-14(9-11)13(15)16/h2-5,11H,6-9H2,1H3,(H,15,16). The third kappa shape index (κ3) is 3.49. The summed E-state index contributed by atoms with van der Waals surface area (Å²) in [5.74, 6) is 0.180. The van der Waals surface area contributed by atoms with Crippen LogP contribution in [0.15, 0.2) is 29.2 Å². The van der Waals surface area contributed by atoms with Crippen molar-refractivity contribution in [3.8, 4) is 0 Å². The molecule has 0 bridgehead atoms. The second kappa shape index (κ2) is 5.80. The minimum atomic E-state index is -3.72. The van der Waals surface area contributed by atoms with Crippen molar-refractivity contribution in [1.82, 2.24) is 4.90 Å². The number of aryl methyl sites for hydroxylation is 1. The van der Waals surface area contributed by atoms with Crippen molar-refractivity contribution in [2.45, 2.75) is 18.2 Å². The number of hydrogen-bond acceptors (Lipinski definition) is 4. The van der Waals surface area contributed by atoms with Gasteiger partial charge in [0.2, 0.25) is 0 Å². The van der Waals surface area contributed by atoms with Crippen LogP contribution in [0.25, 0.3) is 0 Å². The van der Waals surface area contributed by atoms with E-state index in [2.05, 4.69) is 0 Å². The van der Waals surface area contributed by atoms with Crippen LogP contribution in [0.1, 0.15) is 12.0 Å². The largest absolute Gasteiger partial charge is 0.465 e. The highest BCUT2D eigenvalue weighted by Gasteiger charge is 2.30. The topological polar surface area (TPSA) is 83.9 Å². The fourth-order valence-electron chi connectivity index (χ4n) is 2.01. The first kappa shape index (κ1) is 14.8. The fourth-order valence-corrected chi connectivity index (χ4v) is 2.93. The van der Waals surface area contributed by atoms with E-state index in [0.717, 1.165) is 5.56 Å². The number of carbonyl (C=O) groups is 1. The molecule has 0 aliphatic carbocycles. The van der Waals surface area contributed by atoms with E-state index >= 15 is 0 Å². The SMILES string of the molecule is Cc1ccc(S(=O)(=O)OCCC2CN(C(=O)O)C2)cc1. The molecule has 6 nitrogen and oxygen atoms in total. The van der Waals surface area contributed by atoms with Crippen LogP contribution in [0.4, 0.5) is 4.79 Å². The van der Waals surface area contributed by atoms with Gasteiger partial charge in [0.25, 0.3) is 10.1 Å². The minimum Gasteiger partial charge on any atom is -0.465 e. The lowest BCUT2D eigenvalue weighted by molar-refractivity contribution is 0.0720. The molecule has 0 saturated carbocycles. The Bertz CT molecular complexity index is 575. The van der Waals surface area contributed by atoms with E-state index in [4.69, 9.17) is 9.29 Å². The first-order valence-corrected chi connectivity index (χ1v) is 7.73. The van der Waals surface area contributed by atoms with Gasteiger partial charge in [0.05, 0.1) is 11.5 Å². The molecule has 0 atom stereocenters. The maximum Gasteiger partial charge on any atom is 0.407 e. The second-order valence-electron chi connectivity index (χ2n) is 4.93. The molecule has 0 spiro atoms. The highest BCUT2D eigenvalue weighted by atomic mass is 32.2. The highest BCUT2D eigenvalue weighted by Crippen LogP contribution is 2.20. The Morgan fingerprint density at radius 1 is 1.35 bits per heavy atom. The zero-order chi connectivity index (χ0) is 14.8. The van der Waals surface area contributed by atoms with Crippen LogP contribution in [-0.2, 0) is 14.3 Å². The van der Waals surface area contributed by atoms with Crippen molar-refractivity contribution in [2.24, 2.45) is 5.92 Å². The van der Waals surface area contributed by atoms with Gasteiger partial charge in [-0.1, -0.05) is 17.7 Å². The van der Waals surface area contributed by atoms with Crippen LogP contribution in [0.3, 0.4) is 0 Å². The summed E-state index contributed by atoms with van der Waals surface area (Å²) in [5, 5.41) is 8.68. The average Bonchev–Trinajstić information content (AvgIpc) is 2.32. The van der Waals surface area contributed by atoms with Crippen LogP contribution < -0.4 is 0 Å². The van der Waals surface area contributed by atoms with Gasteiger partial charge in [-0.05, 0) is 31.4 Å². The molecule has 1 aromatic carbocycles. The lowest BCUT2D eigenvalue weighted by Gasteiger charge is -2.36. The van der Waals surface area contributed by atoms with Crippen molar-refractivity contribution in [2.75, 3.05) is 19.7 Å². The van der Waals surface area contributed by atoms with Crippen LogP contribution in [-0.4, -0.2) is 44.2 Å². The Balaban J connectivity index is 1.79. The number of carboxylic acid groups (broad SMARTS) is 1. The molecular weight excluding hydrogens is 282 g/mol. The zero-order valence-electron chi connectivity index (χ0n) is 11.2. The molecule has 0 unspecified atom stereocenters. The lowest BCUT2D eigenvalue weighted by Crippen LogP contribution is -2.49. The molecule has 1 heterocycles. The average molecular weight is 299 g/mol. The maximum atomic E-state index is 11.9. The molecule has 110 valence electrons. The Morgan fingerprint density at radius 3 is 2.50 bits per heavy atom. The molecule has 7 heteroatoms. The minimum absolute atomic E-state index is 0.0777. The van der Waals surface area contributed by atoms with E-state index in [0.29, 0.717) is 19.5 Å². The van der Waals surface area contributed by atoms with Gasteiger partial charge in [0.15, 0.2) is 0 Å². The second-order valence-corrected chi connectivity index (χ2v) is 6.55. The lowest BCUT2D eigenvalue weighted by atomic mass is 9.98. The Kier molecular flexibility index (Phi) is 4.29. The van der Waals surface area contributed by atoms with Crippen molar-refractivity contribution in [3.63, 3.8) is 0 Å². The molecule has 1 fully saturated rings. The molecule has 1 aliphatic rings. The number of benzene rings is 1. The molecule has 1 amide bonds. The van der Waals surface area contributed by atoms with Gasteiger partial charge in [0, 0.05) is 13.1 Å². The van der Waals surface area contributed by atoms with Gasteiger partial charge < -0.3 is 10.0 Å². The van der Waals surface area contributed by atoms with Crippen molar-refractivity contribution < 1.29 is 22.5 Å². The molecule has 0 radical (unpaired) electrons. The molecule has 2 rings (SSSR count). The summed E-state index contributed by atoms with van der Waals surface area (Å²) in [6, 6.07) is 6.46. The van der Waals surface area contributed by atoms with E-state index < -0.39 is 16.2 Å². The third-order valence-corrected chi connectivity index (χ3v) is 4.63. The predicted molar refractivity (Wildman–Crippen MR) is 72.0 cm³/mol. The van der Waals surface area contributed by atoms with E-state index in [1.165, 1.54) is 17.0 Å². The van der Waals surface area contributed by atoms with E-state index in [-0.39, 0.29) is 17.4 Å². The smallest absolute Gasteiger partial charge is 0.407 e. The van der Waals surface area contributed by atoms with Gasteiger partial charge in [-0.2, -0.15) is 8.42 Å². The zero-order valence-corrected chi connectivity index (χ0v) is 12.0. The van der Waals surface area contributed by atoms with E-state index in [9.17, 15) is 13.2 Å². The summed E-state index contributed by atoms with van der Waals surface area (Å²) in [5.41, 5.74) is 0.979. The van der Waals surface area contributed by atoms with Crippen molar-refractivity contribution in [3.05, 3.63) is 29.8 Å². The van der Waals surface area contributed by atoms with Gasteiger partial charge in [-0.3, -0.25) is 4.18 Å². The molecule has 20 heavy (non-hydrogen) atoms. The van der Waals surface area contributed by atoms with Crippen LogP contribution >= 0.6 is 0 Å². The van der Waals surface area contributed by atoms with Gasteiger partial charge in [-0.15, -0.1) is 0 Å². The van der Waals surface area contributed by atoms with Gasteiger partial charge in [0.1, 0.15) is 0 Å². The summed E-state index contributed by atoms with van der Waals surface area (Å²) in [6.45, 7) is 2.85. The number of rotatable bonds is 5. The summed E-state index contributed by atoms with van der Waals surface area (Å²) in [4.78, 5) is 12.0. The first-order valence-electron chi connectivity index (χ1n) is 6.32. The number of likely N-dealkylation sites (tertiary alicyclic amines) is 1. The van der Waals surface area contributed by atoms with Gasteiger partial charge >= 0.3 is 6.09 Å². The van der Waals surface area contributed by atoms with Crippen LogP contribution in [0, 0.1) is 12.8 Å². The van der Waals surface area contributed by atoms with E-state index in [1.54, 1.807) is 12.1 Å².